The fraction of sp³-hybridized carbons (Fsp3) is 0.476. The predicted molar refractivity (Wildman–Crippen MR) is 101 cm³/mol. The van der Waals surface area contributed by atoms with Crippen molar-refractivity contribution in [1.82, 2.24) is 14.8 Å². The van der Waals surface area contributed by atoms with Gasteiger partial charge in [0.25, 0.3) is 0 Å². The molecule has 1 fully saturated rings. The Hall–Kier alpha value is -1.95. The highest BCUT2D eigenvalue weighted by Gasteiger charge is 2.19. The van der Waals surface area contributed by atoms with Crippen LogP contribution in [0.2, 0.25) is 0 Å². The van der Waals surface area contributed by atoms with Crippen LogP contribution < -0.4 is 4.74 Å². The van der Waals surface area contributed by atoms with Crippen molar-refractivity contribution in [2.75, 3.05) is 26.2 Å². The van der Waals surface area contributed by atoms with E-state index in [9.17, 15) is 5.11 Å². The van der Waals surface area contributed by atoms with Crippen LogP contribution >= 0.6 is 0 Å². The summed E-state index contributed by atoms with van der Waals surface area (Å²) in [6.45, 7) is 6.33. The number of nitrogens with zero attached hydrogens (tertiary/aromatic N) is 3. The molecular formula is C21H27N3O2. The summed E-state index contributed by atoms with van der Waals surface area (Å²) in [5.74, 6) is 1.01. The number of hydrogen-bond acceptors (Lipinski definition) is 5. The van der Waals surface area contributed by atoms with Crippen molar-refractivity contribution in [3.8, 4) is 5.75 Å². The summed E-state index contributed by atoms with van der Waals surface area (Å²) < 4.78 is 5.97. The third-order valence-corrected chi connectivity index (χ3v) is 5.28. The molecule has 0 unspecified atom stereocenters. The van der Waals surface area contributed by atoms with Crippen LogP contribution in [0.4, 0.5) is 0 Å². The normalized spacial score (nSPS) is 19.6. The van der Waals surface area contributed by atoms with Crippen molar-refractivity contribution < 1.29 is 9.84 Å². The van der Waals surface area contributed by atoms with Gasteiger partial charge in [0, 0.05) is 57.2 Å². The zero-order valence-corrected chi connectivity index (χ0v) is 15.2. The van der Waals surface area contributed by atoms with Gasteiger partial charge >= 0.3 is 0 Å². The van der Waals surface area contributed by atoms with Crippen molar-refractivity contribution in [3.63, 3.8) is 0 Å². The van der Waals surface area contributed by atoms with E-state index in [1.807, 2.05) is 18.5 Å². The molecule has 4 rings (SSSR count). The number of benzene rings is 1. The van der Waals surface area contributed by atoms with Crippen molar-refractivity contribution in [3.05, 3.63) is 59.4 Å². The largest absolute Gasteiger partial charge is 0.492 e. The fourth-order valence-corrected chi connectivity index (χ4v) is 3.82. The van der Waals surface area contributed by atoms with Crippen LogP contribution in [0.1, 0.15) is 29.5 Å². The molecule has 0 saturated carbocycles. The highest BCUT2D eigenvalue weighted by atomic mass is 16.5. The number of likely N-dealkylation sites (tertiary alicyclic amines) is 1. The molecule has 0 spiro atoms. The number of ether oxygens (including phenoxy) is 1. The third kappa shape index (κ3) is 4.41. The van der Waals surface area contributed by atoms with Crippen LogP contribution in [0.5, 0.6) is 5.75 Å². The lowest BCUT2D eigenvalue weighted by atomic mass is 10.1. The summed E-state index contributed by atoms with van der Waals surface area (Å²) in [5.41, 5.74) is 3.83. The average Bonchev–Trinajstić information content (AvgIpc) is 2.86. The fourth-order valence-electron chi connectivity index (χ4n) is 3.82. The smallest absolute Gasteiger partial charge is 0.123 e. The lowest BCUT2D eigenvalue weighted by Gasteiger charge is -2.29. The quantitative estimate of drug-likeness (QED) is 0.915. The van der Waals surface area contributed by atoms with Crippen LogP contribution in [0.15, 0.2) is 42.7 Å². The Morgan fingerprint density at radius 3 is 2.69 bits per heavy atom. The number of rotatable bonds is 4. The minimum absolute atomic E-state index is 0.118. The summed E-state index contributed by atoms with van der Waals surface area (Å²) in [4.78, 5) is 9.07. The summed E-state index contributed by atoms with van der Waals surface area (Å²) in [7, 11) is 0. The van der Waals surface area contributed by atoms with Gasteiger partial charge in [-0.2, -0.15) is 0 Å². The van der Waals surface area contributed by atoms with Crippen LogP contribution in [0, 0.1) is 0 Å². The second-order valence-electron chi connectivity index (χ2n) is 7.37. The molecule has 0 amide bonds. The van der Waals surface area contributed by atoms with Crippen molar-refractivity contribution in [2.24, 2.45) is 0 Å². The molecule has 1 aromatic carbocycles. The first-order chi connectivity index (χ1) is 12.8. The average molecular weight is 353 g/mol. The number of aliphatic hydroxyl groups excluding tert-OH is 1. The van der Waals surface area contributed by atoms with Gasteiger partial charge < -0.3 is 9.84 Å². The minimum Gasteiger partial charge on any atom is -0.492 e. The van der Waals surface area contributed by atoms with Gasteiger partial charge in [-0.1, -0.05) is 12.1 Å². The lowest BCUT2D eigenvalue weighted by Crippen LogP contribution is -2.35. The van der Waals surface area contributed by atoms with Gasteiger partial charge in [0.2, 0.25) is 0 Å². The van der Waals surface area contributed by atoms with Crippen LogP contribution in [-0.4, -0.2) is 52.2 Å². The zero-order valence-electron chi connectivity index (χ0n) is 15.2. The number of piperidine rings is 1. The lowest BCUT2D eigenvalue weighted by molar-refractivity contribution is 0.0792. The molecule has 0 bridgehead atoms. The molecule has 26 heavy (non-hydrogen) atoms. The van der Waals surface area contributed by atoms with Gasteiger partial charge in [-0.15, -0.1) is 0 Å². The van der Waals surface area contributed by atoms with E-state index in [1.165, 1.54) is 16.7 Å². The van der Waals surface area contributed by atoms with E-state index in [4.69, 9.17) is 4.74 Å². The van der Waals surface area contributed by atoms with Gasteiger partial charge in [0.1, 0.15) is 12.4 Å². The summed E-state index contributed by atoms with van der Waals surface area (Å²) in [6.07, 6.45) is 5.40. The molecule has 2 aliphatic rings. The summed E-state index contributed by atoms with van der Waals surface area (Å²) >= 11 is 0. The number of pyridine rings is 1. The first kappa shape index (κ1) is 17.5. The zero-order chi connectivity index (χ0) is 17.8. The van der Waals surface area contributed by atoms with Crippen LogP contribution in [-0.2, 0) is 19.6 Å². The first-order valence-electron chi connectivity index (χ1n) is 9.52. The molecule has 0 atom stereocenters. The maximum Gasteiger partial charge on any atom is 0.123 e. The molecule has 1 N–H and O–H groups in total. The van der Waals surface area contributed by atoms with Crippen molar-refractivity contribution >= 4 is 0 Å². The molecule has 138 valence electrons. The molecule has 1 aromatic heterocycles. The van der Waals surface area contributed by atoms with Gasteiger partial charge in [-0.3, -0.25) is 14.8 Å². The molecule has 3 heterocycles. The van der Waals surface area contributed by atoms with E-state index >= 15 is 0 Å². The maximum absolute atomic E-state index is 9.68. The Kier molecular flexibility index (Phi) is 5.48. The van der Waals surface area contributed by atoms with Crippen molar-refractivity contribution in [1.29, 1.82) is 0 Å². The Bertz CT molecular complexity index is 714. The predicted octanol–water partition coefficient (Wildman–Crippen LogP) is 2.43. The summed E-state index contributed by atoms with van der Waals surface area (Å²) in [6, 6.07) is 10.7. The van der Waals surface area contributed by atoms with E-state index in [2.05, 4.69) is 39.0 Å². The molecular weight excluding hydrogens is 326 g/mol. The van der Waals surface area contributed by atoms with Gasteiger partial charge in [0.05, 0.1) is 6.10 Å². The highest BCUT2D eigenvalue weighted by Crippen LogP contribution is 2.26. The number of aliphatic hydroxyl groups is 1. The Balaban J connectivity index is 1.44. The van der Waals surface area contributed by atoms with E-state index in [0.29, 0.717) is 0 Å². The maximum atomic E-state index is 9.68. The number of hydrogen-bond donors (Lipinski definition) is 1. The minimum atomic E-state index is -0.118. The van der Waals surface area contributed by atoms with E-state index in [1.54, 1.807) is 0 Å². The highest BCUT2D eigenvalue weighted by molar-refractivity contribution is 5.38. The Labute approximate surface area is 155 Å². The van der Waals surface area contributed by atoms with Crippen LogP contribution in [0.3, 0.4) is 0 Å². The summed E-state index contributed by atoms with van der Waals surface area (Å²) in [5, 5.41) is 9.68. The number of fused-ring (bicyclic) bond motifs is 1. The molecule has 2 aromatic rings. The monoisotopic (exact) mass is 353 g/mol. The Morgan fingerprint density at radius 2 is 1.88 bits per heavy atom. The Morgan fingerprint density at radius 1 is 1.04 bits per heavy atom. The van der Waals surface area contributed by atoms with Crippen molar-refractivity contribution in [2.45, 2.75) is 38.6 Å². The SMILES string of the molecule is OC1CCN(Cc2ccc3c(c2)CN(Cc2cccnc2)CCO3)CC1. The molecule has 1 saturated heterocycles. The third-order valence-electron chi connectivity index (χ3n) is 5.28. The standard InChI is InChI=1S/C21H27N3O2/c25-20-5-8-23(9-6-20)14-17-3-4-21-19(12-17)16-24(10-11-26-21)15-18-2-1-7-22-13-18/h1-4,7,12-13,20,25H,5-6,8-11,14-16H2. The molecule has 0 aliphatic carbocycles. The molecule has 2 aliphatic heterocycles. The van der Waals surface area contributed by atoms with Gasteiger partial charge in [-0.05, 0) is 42.2 Å². The van der Waals surface area contributed by atoms with E-state index in [0.717, 1.165) is 64.5 Å². The molecule has 5 heteroatoms. The van der Waals surface area contributed by atoms with Gasteiger partial charge in [0.15, 0.2) is 0 Å². The second-order valence-corrected chi connectivity index (χ2v) is 7.37. The van der Waals surface area contributed by atoms with E-state index in [-0.39, 0.29) is 6.10 Å². The first-order valence-corrected chi connectivity index (χ1v) is 9.52. The molecule has 5 nitrogen and oxygen atoms in total. The number of aromatic nitrogens is 1. The second kappa shape index (κ2) is 8.16. The van der Waals surface area contributed by atoms with Gasteiger partial charge in [-0.25, -0.2) is 0 Å². The van der Waals surface area contributed by atoms with Crippen LogP contribution in [0.25, 0.3) is 0 Å². The van der Waals surface area contributed by atoms with E-state index < -0.39 is 0 Å². The molecule has 0 radical (unpaired) electrons. The topological polar surface area (TPSA) is 48.8 Å².